The van der Waals surface area contributed by atoms with Gasteiger partial charge in [0.05, 0.1) is 4.92 Å². The molecule has 0 amide bonds. The third-order valence-electron chi connectivity index (χ3n) is 1.77. The summed E-state index contributed by atoms with van der Waals surface area (Å²) in [5.74, 6) is 0. The zero-order valence-electron chi connectivity index (χ0n) is 7.20. The SMILES string of the molecule is Cc1cccc([N+](=O)[O-])c1C.N. The zero-order valence-corrected chi connectivity index (χ0v) is 7.20. The number of nitro groups is 1. The molecule has 0 aromatic heterocycles. The quantitative estimate of drug-likeness (QED) is 0.516. The summed E-state index contributed by atoms with van der Waals surface area (Å²) in [7, 11) is 0. The van der Waals surface area contributed by atoms with Crippen LogP contribution in [0.4, 0.5) is 5.69 Å². The van der Waals surface area contributed by atoms with Gasteiger partial charge >= 0.3 is 0 Å². The van der Waals surface area contributed by atoms with Crippen LogP contribution in [0.1, 0.15) is 11.1 Å². The van der Waals surface area contributed by atoms with Crippen LogP contribution in [0.3, 0.4) is 0 Å². The summed E-state index contributed by atoms with van der Waals surface area (Å²) in [6, 6.07) is 5.07. The molecule has 0 radical (unpaired) electrons. The first-order valence-corrected chi connectivity index (χ1v) is 3.33. The normalized spacial score (nSPS) is 8.83. The molecule has 1 aromatic rings. The highest BCUT2D eigenvalue weighted by atomic mass is 16.6. The van der Waals surface area contributed by atoms with E-state index in [2.05, 4.69) is 0 Å². The monoisotopic (exact) mass is 168 g/mol. The largest absolute Gasteiger partial charge is 0.344 e. The van der Waals surface area contributed by atoms with Gasteiger partial charge in [0, 0.05) is 11.6 Å². The Kier molecular flexibility index (Phi) is 3.37. The van der Waals surface area contributed by atoms with Gasteiger partial charge in [-0.3, -0.25) is 10.1 Å². The Hall–Kier alpha value is -1.42. The van der Waals surface area contributed by atoms with E-state index < -0.39 is 0 Å². The minimum Gasteiger partial charge on any atom is -0.344 e. The lowest BCUT2D eigenvalue weighted by molar-refractivity contribution is -0.385. The molecule has 1 rings (SSSR count). The third-order valence-corrected chi connectivity index (χ3v) is 1.77. The molecule has 0 aliphatic heterocycles. The molecule has 0 bridgehead atoms. The summed E-state index contributed by atoms with van der Waals surface area (Å²) in [5, 5.41) is 10.4. The molecule has 0 fully saturated rings. The highest BCUT2D eigenvalue weighted by Gasteiger charge is 2.09. The van der Waals surface area contributed by atoms with Crippen LogP contribution >= 0.6 is 0 Å². The second-order valence-electron chi connectivity index (χ2n) is 2.48. The molecule has 0 aliphatic rings. The lowest BCUT2D eigenvalue weighted by Gasteiger charge is -1.98. The van der Waals surface area contributed by atoms with Gasteiger partial charge in [-0.2, -0.15) is 0 Å². The molecule has 0 spiro atoms. The standard InChI is InChI=1S/C8H9NO2.H3N/c1-6-4-3-5-8(7(6)2)9(10)11;/h3-5H,1-2H3;1H3. The average Bonchev–Trinajstić information content (AvgIpc) is 1.94. The predicted octanol–water partition coefficient (Wildman–Crippen LogP) is 2.37. The lowest BCUT2D eigenvalue weighted by atomic mass is 10.1. The van der Waals surface area contributed by atoms with Crippen molar-refractivity contribution in [3.63, 3.8) is 0 Å². The van der Waals surface area contributed by atoms with Crippen molar-refractivity contribution >= 4 is 5.69 Å². The number of benzene rings is 1. The van der Waals surface area contributed by atoms with E-state index in [-0.39, 0.29) is 16.8 Å². The smallest absolute Gasteiger partial charge is 0.272 e. The van der Waals surface area contributed by atoms with Crippen LogP contribution in [0.5, 0.6) is 0 Å². The van der Waals surface area contributed by atoms with E-state index in [1.54, 1.807) is 13.0 Å². The van der Waals surface area contributed by atoms with Crippen LogP contribution in [0, 0.1) is 24.0 Å². The Bertz CT molecular complexity index is 297. The molecule has 4 heteroatoms. The van der Waals surface area contributed by atoms with E-state index >= 15 is 0 Å². The van der Waals surface area contributed by atoms with E-state index in [1.807, 2.05) is 13.0 Å². The Balaban J connectivity index is 0.00000121. The second-order valence-corrected chi connectivity index (χ2v) is 2.48. The van der Waals surface area contributed by atoms with Gasteiger partial charge in [0.1, 0.15) is 0 Å². The Morgan fingerprint density at radius 1 is 1.33 bits per heavy atom. The second kappa shape index (κ2) is 3.82. The van der Waals surface area contributed by atoms with Gasteiger partial charge in [0.2, 0.25) is 0 Å². The van der Waals surface area contributed by atoms with Gasteiger partial charge in [-0.25, -0.2) is 0 Å². The minimum atomic E-state index is -0.359. The van der Waals surface area contributed by atoms with E-state index in [0.29, 0.717) is 0 Å². The first-order valence-electron chi connectivity index (χ1n) is 3.33. The van der Waals surface area contributed by atoms with Crippen LogP contribution in [0.2, 0.25) is 0 Å². The number of hydrogen-bond acceptors (Lipinski definition) is 3. The number of nitro benzene ring substituents is 1. The van der Waals surface area contributed by atoms with Crippen molar-refractivity contribution in [3.05, 3.63) is 39.4 Å². The van der Waals surface area contributed by atoms with Crippen LogP contribution < -0.4 is 6.15 Å². The average molecular weight is 168 g/mol. The first kappa shape index (κ1) is 10.6. The molecular weight excluding hydrogens is 156 g/mol. The van der Waals surface area contributed by atoms with Gasteiger partial charge in [-0.05, 0) is 19.4 Å². The molecular formula is C8H12N2O2. The molecule has 0 saturated heterocycles. The maximum Gasteiger partial charge on any atom is 0.272 e. The highest BCUT2D eigenvalue weighted by Crippen LogP contribution is 2.19. The number of nitrogens with zero attached hydrogens (tertiary/aromatic N) is 1. The molecule has 0 unspecified atom stereocenters. The zero-order chi connectivity index (χ0) is 8.43. The predicted molar refractivity (Wildman–Crippen MR) is 47.6 cm³/mol. The molecule has 66 valence electrons. The minimum absolute atomic E-state index is 0. The Morgan fingerprint density at radius 2 is 1.92 bits per heavy atom. The molecule has 4 nitrogen and oxygen atoms in total. The molecule has 0 atom stereocenters. The van der Waals surface area contributed by atoms with Crippen LogP contribution in [-0.2, 0) is 0 Å². The maximum atomic E-state index is 10.4. The third kappa shape index (κ3) is 1.79. The van der Waals surface area contributed by atoms with Crippen molar-refractivity contribution in [2.24, 2.45) is 0 Å². The van der Waals surface area contributed by atoms with Crippen molar-refractivity contribution in [1.82, 2.24) is 6.15 Å². The summed E-state index contributed by atoms with van der Waals surface area (Å²) < 4.78 is 0. The summed E-state index contributed by atoms with van der Waals surface area (Å²) in [5.41, 5.74) is 1.90. The summed E-state index contributed by atoms with van der Waals surface area (Å²) in [4.78, 5) is 10.0. The van der Waals surface area contributed by atoms with Gasteiger partial charge in [0.15, 0.2) is 0 Å². The molecule has 0 aliphatic carbocycles. The van der Waals surface area contributed by atoms with E-state index in [9.17, 15) is 10.1 Å². The van der Waals surface area contributed by atoms with Crippen molar-refractivity contribution < 1.29 is 4.92 Å². The summed E-state index contributed by atoms with van der Waals surface area (Å²) >= 11 is 0. The topological polar surface area (TPSA) is 78.1 Å². The van der Waals surface area contributed by atoms with Crippen molar-refractivity contribution in [1.29, 1.82) is 0 Å². The summed E-state index contributed by atoms with van der Waals surface area (Å²) in [6.07, 6.45) is 0. The van der Waals surface area contributed by atoms with Gasteiger partial charge in [0.25, 0.3) is 5.69 Å². The highest BCUT2D eigenvalue weighted by molar-refractivity contribution is 5.43. The van der Waals surface area contributed by atoms with E-state index in [0.717, 1.165) is 11.1 Å². The first-order chi connectivity index (χ1) is 5.13. The Morgan fingerprint density at radius 3 is 2.33 bits per heavy atom. The van der Waals surface area contributed by atoms with Crippen molar-refractivity contribution in [2.45, 2.75) is 13.8 Å². The molecule has 3 N–H and O–H groups in total. The number of hydrogen-bond donors (Lipinski definition) is 1. The fraction of sp³-hybridized carbons (Fsp3) is 0.250. The van der Waals surface area contributed by atoms with Crippen molar-refractivity contribution in [3.8, 4) is 0 Å². The Labute approximate surface area is 71.0 Å². The fourth-order valence-electron chi connectivity index (χ4n) is 0.933. The van der Waals surface area contributed by atoms with Gasteiger partial charge < -0.3 is 6.15 Å². The molecule has 0 heterocycles. The molecule has 0 saturated carbocycles. The molecule has 12 heavy (non-hydrogen) atoms. The fourth-order valence-corrected chi connectivity index (χ4v) is 0.933. The van der Waals surface area contributed by atoms with E-state index in [4.69, 9.17) is 0 Å². The van der Waals surface area contributed by atoms with Crippen LogP contribution in [-0.4, -0.2) is 4.92 Å². The van der Waals surface area contributed by atoms with Crippen molar-refractivity contribution in [2.75, 3.05) is 0 Å². The number of aryl methyl sites for hydroxylation is 1. The summed E-state index contributed by atoms with van der Waals surface area (Å²) in [6.45, 7) is 3.62. The van der Waals surface area contributed by atoms with Gasteiger partial charge in [-0.1, -0.05) is 12.1 Å². The van der Waals surface area contributed by atoms with Crippen LogP contribution in [0.15, 0.2) is 18.2 Å². The maximum absolute atomic E-state index is 10.4. The van der Waals surface area contributed by atoms with Crippen LogP contribution in [0.25, 0.3) is 0 Å². The lowest BCUT2D eigenvalue weighted by Crippen LogP contribution is -1.92. The molecule has 1 aromatic carbocycles. The number of rotatable bonds is 1. The van der Waals surface area contributed by atoms with Gasteiger partial charge in [-0.15, -0.1) is 0 Å². The van der Waals surface area contributed by atoms with E-state index in [1.165, 1.54) is 6.07 Å².